The lowest BCUT2D eigenvalue weighted by Crippen LogP contribution is -2.17. The topological polar surface area (TPSA) is 23.8 Å². The summed E-state index contributed by atoms with van der Waals surface area (Å²) in [5.41, 5.74) is 3.02. The van der Waals surface area contributed by atoms with Crippen molar-refractivity contribution in [3.63, 3.8) is 0 Å². The molecule has 168 valence electrons. The van der Waals surface area contributed by atoms with Crippen LogP contribution < -0.4 is 0 Å². The highest BCUT2D eigenvalue weighted by molar-refractivity contribution is 5.25. The smallest absolute Gasteiger partial charge is 0.195 e. The highest BCUT2D eigenvalue weighted by atomic mass is 19.1. The molecule has 1 nitrogen and oxygen atoms in total. The molecule has 0 unspecified atom stereocenters. The number of nitrogens with zero attached hydrogens (tertiary/aromatic N) is 1. The molecule has 0 aliphatic heterocycles. The molecule has 0 spiro atoms. The van der Waals surface area contributed by atoms with Crippen LogP contribution in [0.3, 0.4) is 0 Å². The molecule has 31 heavy (non-hydrogen) atoms. The number of hydrogen-bond acceptors (Lipinski definition) is 1. The molecule has 2 aliphatic rings. The van der Waals surface area contributed by atoms with Gasteiger partial charge in [-0.05, 0) is 85.8 Å². The molecule has 2 heteroatoms. The minimum absolute atomic E-state index is 0.712. The lowest BCUT2D eigenvalue weighted by Gasteiger charge is -2.32. The SMILES string of the molecule is CCc1ccc([C@H]2CC[C@H](CC[C@H]3CC[C@H](CCC=CC=C(F)C#N)CC3)CC2)cc1. The third-order valence-corrected chi connectivity index (χ3v) is 7.88. The van der Waals surface area contributed by atoms with E-state index in [1.54, 1.807) is 11.6 Å². The Balaban J connectivity index is 1.28. The first-order chi connectivity index (χ1) is 15.2. The predicted octanol–water partition coefficient (Wildman–Crippen LogP) is 8.82. The average Bonchev–Trinajstić information content (AvgIpc) is 2.83. The van der Waals surface area contributed by atoms with Crippen LogP contribution in [0.15, 0.2) is 48.3 Å². The van der Waals surface area contributed by atoms with E-state index in [-0.39, 0.29) is 0 Å². The standard InChI is InChI=1S/C29H40FN/c1-2-23-14-18-27(19-15-23)28-20-16-26(17-21-28)13-12-25-10-8-24(9-11-25)6-4-3-5-7-29(30)22-31/h3,5,7,14-15,18-19,24-26,28H,2,4,6,8-13,16-17,20-21H2,1H3/t24-,25-,26-,28-. The first-order valence-corrected chi connectivity index (χ1v) is 12.7. The van der Waals surface area contributed by atoms with Crippen molar-refractivity contribution in [3.8, 4) is 6.07 Å². The van der Waals surface area contributed by atoms with Crippen LogP contribution in [0, 0.1) is 29.1 Å². The summed E-state index contributed by atoms with van der Waals surface area (Å²) in [7, 11) is 0. The van der Waals surface area contributed by atoms with Gasteiger partial charge in [-0.1, -0.05) is 81.9 Å². The number of halogens is 1. The summed E-state index contributed by atoms with van der Waals surface area (Å²) in [6.07, 6.45) is 22.3. The lowest BCUT2D eigenvalue weighted by molar-refractivity contribution is 0.225. The average molecular weight is 422 g/mol. The Labute approximate surface area is 189 Å². The largest absolute Gasteiger partial charge is 0.199 e. The fraction of sp³-hybridized carbons (Fsp3) is 0.621. The summed E-state index contributed by atoms with van der Waals surface area (Å²) in [5.74, 6) is 2.81. The maximum atomic E-state index is 12.7. The van der Waals surface area contributed by atoms with Crippen LogP contribution in [0.4, 0.5) is 4.39 Å². The summed E-state index contributed by atoms with van der Waals surface area (Å²) in [6.45, 7) is 2.23. The minimum atomic E-state index is -0.712. The second-order valence-electron chi connectivity index (χ2n) is 9.91. The van der Waals surface area contributed by atoms with Gasteiger partial charge in [0.05, 0.1) is 0 Å². The zero-order valence-electron chi connectivity index (χ0n) is 19.4. The van der Waals surface area contributed by atoms with Crippen molar-refractivity contribution in [1.82, 2.24) is 0 Å². The van der Waals surface area contributed by atoms with Gasteiger partial charge in [-0.25, -0.2) is 0 Å². The first kappa shape index (κ1) is 23.8. The van der Waals surface area contributed by atoms with Crippen molar-refractivity contribution >= 4 is 0 Å². The molecule has 0 bridgehead atoms. The number of benzene rings is 1. The molecule has 0 radical (unpaired) electrons. The summed E-state index contributed by atoms with van der Waals surface area (Å²) in [5, 5.41) is 8.39. The molecule has 2 aliphatic carbocycles. The Morgan fingerprint density at radius 2 is 1.45 bits per heavy atom. The molecule has 0 N–H and O–H groups in total. The van der Waals surface area contributed by atoms with Crippen LogP contribution in [0.1, 0.15) is 101 Å². The zero-order valence-corrected chi connectivity index (χ0v) is 19.4. The maximum Gasteiger partial charge on any atom is 0.199 e. The van der Waals surface area contributed by atoms with E-state index in [1.807, 2.05) is 6.08 Å². The Morgan fingerprint density at radius 1 is 0.903 bits per heavy atom. The van der Waals surface area contributed by atoms with E-state index in [1.165, 1.54) is 88.3 Å². The van der Waals surface area contributed by atoms with Gasteiger partial charge in [-0.3, -0.25) is 0 Å². The molecule has 3 rings (SSSR count). The van der Waals surface area contributed by atoms with Crippen LogP contribution >= 0.6 is 0 Å². The first-order valence-electron chi connectivity index (χ1n) is 12.7. The van der Waals surface area contributed by atoms with Crippen LogP contribution in [-0.4, -0.2) is 0 Å². The molecule has 0 aromatic heterocycles. The Kier molecular flexibility index (Phi) is 9.85. The molecule has 2 saturated carbocycles. The van der Waals surface area contributed by atoms with E-state index in [4.69, 9.17) is 5.26 Å². The van der Waals surface area contributed by atoms with Crippen LogP contribution in [0.25, 0.3) is 0 Å². The van der Waals surface area contributed by atoms with E-state index in [2.05, 4.69) is 31.2 Å². The number of hydrogen-bond donors (Lipinski definition) is 0. The van der Waals surface area contributed by atoms with Gasteiger partial charge >= 0.3 is 0 Å². The third kappa shape index (κ3) is 7.95. The van der Waals surface area contributed by atoms with Crippen LogP contribution in [-0.2, 0) is 6.42 Å². The highest BCUT2D eigenvalue weighted by Crippen LogP contribution is 2.40. The Hall–Kier alpha value is -1.88. The number of allylic oxidation sites excluding steroid dienone is 4. The van der Waals surface area contributed by atoms with Gasteiger partial charge in [0, 0.05) is 0 Å². The van der Waals surface area contributed by atoms with Gasteiger partial charge in [0.15, 0.2) is 5.83 Å². The van der Waals surface area contributed by atoms with Gasteiger partial charge in [0.2, 0.25) is 0 Å². The molecule has 0 atom stereocenters. The van der Waals surface area contributed by atoms with Crippen molar-refractivity contribution in [2.45, 2.75) is 96.3 Å². The number of rotatable bonds is 9. The van der Waals surface area contributed by atoms with E-state index >= 15 is 0 Å². The van der Waals surface area contributed by atoms with Crippen molar-refractivity contribution in [3.05, 3.63) is 59.4 Å². The summed E-state index contributed by atoms with van der Waals surface area (Å²) in [4.78, 5) is 0. The zero-order chi connectivity index (χ0) is 21.9. The van der Waals surface area contributed by atoms with Crippen LogP contribution in [0.5, 0.6) is 0 Å². The van der Waals surface area contributed by atoms with Crippen molar-refractivity contribution in [2.24, 2.45) is 17.8 Å². The molecule has 2 fully saturated rings. The molecule has 1 aromatic rings. The van der Waals surface area contributed by atoms with Crippen molar-refractivity contribution < 1.29 is 4.39 Å². The highest BCUT2D eigenvalue weighted by Gasteiger charge is 2.25. The Morgan fingerprint density at radius 3 is 2.00 bits per heavy atom. The Bertz CT molecular complexity index is 738. The predicted molar refractivity (Wildman–Crippen MR) is 128 cm³/mol. The molecule has 1 aromatic carbocycles. The lowest BCUT2D eigenvalue weighted by atomic mass is 9.74. The minimum Gasteiger partial charge on any atom is -0.195 e. The van der Waals surface area contributed by atoms with Gasteiger partial charge in [0.25, 0.3) is 0 Å². The van der Waals surface area contributed by atoms with Crippen LogP contribution in [0.2, 0.25) is 0 Å². The van der Waals surface area contributed by atoms with E-state index in [0.717, 1.165) is 36.5 Å². The maximum absolute atomic E-state index is 12.7. The fourth-order valence-corrected chi connectivity index (χ4v) is 5.71. The van der Waals surface area contributed by atoms with Gasteiger partial charge in [-0.15, -0.1) is 0 Å². The summed E-state index contributed by atoms with van der Waals surface area (Å²) >= 11 is 0. The molecule has 0 heterocycles. The molecule has 0 amide bonds. The van der Waals surface area contributed by atoms with E-state index < -0.39 is 5.83 Å². The van der Waals surface area contributed by atoms with Gasteiger partial charge in [0.1, 0.15) is 6.07 Å². The monoisotopic (exact) mass is 421 g/mol. The fourth-order valence-electron chi connectivity index (χ4n) is 5.71. The number of nitriles is 1. The van der Waals surface area contributed by atoms with E-state index in [0.29, 0.717) is 0 Å². The van der Waals surface area contributed by atoms with Crippen molar-refractivity contribution in [2.75, 3.05) is 0 Å². The van der Waals surface area contributed by atoms with Crippen molar-refractivity contribution in [1.29, 1.82) is 5.26 Å². The quantitative estimate of drug-likeness (QED) is 0.288. The molecule has 0 saturated heterocycles. The normalized spacial score (nSPS) is 27.3. The van der Waals surface area contributed by atoms with E-state index in [9.17, 15) is 4.39 Å². The summed E-state index contributed by atoms with van der Waals surface area (Å²) in [6, 6.07) is 10.9. The number of aryl methyl sites for hydroxylation is 1. The van der Waals surface area contributed by atoms with Gasteiger partial charge in [-0.2, -0.15) is 9.65 Å². The van der Waals surface area contributed by atoms with Gasteiger partial charge < -0.3 is 0 Å². The second kappa shape index (κ2) is 12.8. The summed E-state index contributed by atoms with van der Waals surface area (Å²) < 4.78 is 12.7. The molecular weight excluding hydrogens is 381 g/mol. The third-order valence-electron chi connectivity index (χ3n) is 7.88. The molecular formula is C29H40FN. The second-order valence-corrected chi connectivity index (χ2v) is 9.91.